The summed E-state index contributed by atoms with van der Waals surface area (Å²) in [5.41, 5.74) is 8.34. The summed E-state index contributed by atoms with van der Waals surface area (Å²) in [6.45, 7) is 1.01. The van der Waals surface area contributed by atoms with Crippen LogP contribution >= 0.6 is 0 Å². The fraction of sp³-hybridized carbons (Fsp3) is 0.240. The van der Waals surface area contributed by atoms with Crippen LogP contribution in [0.5, 0.6) is 0 Å². The molecule has 4 rings (SSSR count). The van der Waals surface area contributed by atoms with Gasteiger partial charge in [0.15, 0.2) is 0 Å². The van der Waals surface area contributed by atoms with Crippen LogP contribution in [-0.2, 0) is 22.6 Å². The topological polar surface area (TPSA) is 145 Å². The molecule has 0 fully saturated rings. The number of carboxylic acids is 1. The fourth-order valence-corrected chi connectivity index (χ4v) is 3.47. The number of aryl methyl sites for hydroxylation is 2. The van der Waals surface area contributed by atoms with Gasteiger partial charge in [-0.05, 0) is 48.7 Å². The average Bonchev–Trinajstić information content (AvgIpc) is 3.25. The lowest BCUT2D eigenvalue weighted by Crippen LogP contribution is -2.27. The maximum atomic E-state index is 12.9. The molecule has 0 aliphatic carbocycles. The number of hydrogen-bond acceptors (Lipinski definition) is 6. The number of aromatic nitrogens is 4. The number of halogens is 5. The Morgan fingerprint density at radius 3 is 2.42 bits per heavy atom. The van der Waals surface area contributed by atoms with Crippen LogP contribution in [0.3, 0.4) is 0 Å². The third-order valence-corrected chi connectivity index (χ3v) is 5.46. The van der Waals surface area contributed by atoms with E-state index >= 15 is 0 Å². The third kappa shape index (κ3) is 7.38. The number of nitrogens with zero attached hydrogens (tertiary/aromatic N) is 4. The molecule has 0 saturated carbocycles. The van der Waals surface area contributed by atoms with Gasteiger partial charge in [0, 0.05) is 41.5 Å². The Hall–Kier alpha value is -4.84. The van der Waals surface area contributed by atoms with Gasteiger partial charge >= 0.3 is 17.8 Å². The van der Waals surface area contributed by atoms with E-state index in [1.54, 1.807) is 13.0 Å². The molecule has 0 unspecified atom stereocenters. The first kappa shape index (κ1) is 29.7. The van der Waals surface area contributed by atoms with Crippen LogP contribution in [0, 0.1) is 18.8 Å². The molecule has 1 amide bonds. The Balaban J connectivity index is 0.000000559. The van der Waals surface area contributed by atoms with Crippen molar-refractivity contribution in [2.45, 2.75) is 32.5 Å². The van der Waals surface area contributed by atoms with Crippen molar-refractivity contribution in [1.82, 2.24) is 19.3 Å². The van der Waals surface area contributed by atoms with E-state index in [-0.39, 0.29) is 18.0 Å². The van der Waals surface area contributed by atoms with Crippen LogP contribution in [0.4, 0.5) is 27.6 Å². The lowest BCUT2D eigenvalue weighted by atomic mass is 10.0. The highest BCUT2D eigenvalue weighted by Crippen LogP contribution is 2.23. The van der Waals surface area contributed by atoms with E-state index in [0.29, 0.717) is 29.8 Å². The molecule has 0 bridgehead atoms. The van der Waals surface area contributed by atoms with Crippen molar-refractivity contribution in [3.63, 3.8) is 0 Å². The summed E-state index contributed by atoms with van der Waals surface area (Å²) in [6, 6.07) is 7.41. The van der Waals surface area contributed by atoms with E-state index in [1.807, 2.05) is 18.2 Å². The molecule has 40 heavy (non-hydrogen) atoms. The van der Waals surface area contributed by atoms with E-state index < -0.39 is 30.5 Å². The van der Waals surface area contributed by atoms with E-state index in [4.69, 9.17) is 15.6 Å². The molecule has 4 N–H and O–H groups in total. The number of rotatable bonds is 4. The second-order valence-electron chi connectivity index (χ2n) is 8.35. The minimum Gasteiger partial charge on any atom is -0.475 e. The van der Waals surface area contributed by atoms with Crippen LogP contribution in [-0.4, -0.2) is 49.0 Å². The van der Waals surface area contributed by atoms with Crippen molar-refractivity contribution in [1.29, 1.82) is 0 Å². The Kier molecular flexibility index (Phi) is 9.17. The Morgan fingerprint density at radius 1 is 1.15 bits per heavy atom. The number of carboxylic acid groups (broad SMARTS) is 1. The normalized spacial score (nSPS) is 12.2. The van der Waals surface area contributed by atoms with Crippen molar-refractivity contribution in [2.75, 3.05) is 11.9 Å². The molecule has 10 nitrogen and oxygen atoms in total. The first-order valence-corrected chi connectivity index (χ1v) is 11.4. The van der Waals surface area contributed by atoms with Crippen LogP contribution in [0.15, 0.2) is 53.2 Å². The molecule has 1 aliphatic rings. The molecular weight excluding hydrogens is 543 g/mol. The van der Waals surface area contributed by atoms with Gasteiger partial charge in [0.05, 0.1) is 6.54 Å². The number of alkyl halides is 3. The number of pyridine rings is 1. The molecule has 0 saturated heterocycles. The number of fused-ring (bicyclic) bond motifs is 1. The van der Waals surface area contributed by atoms with E-state index in [0.717, 1.165) is 21.5 Å². The van der Waals surface area contributed by atoms with Gasteiger partial charge in [-0.15, -0.1) is 0 Å². The predicted molar refractivity (Wildman–Crippen MR) is 132 cm³/mol. The highest BCUT2D eigenvalue weighted by Gasteiger charge is 2.38. The number of nitrogens with one attached hydrogen (secondary N) is 1. The summed E-state index contributed by atoms with van der Waals surface area (Å²) in [4.78, 5) is 37.3. The van der Waals surface area contributed by atoms with Gasteiger partial charge in [-0.3, -0.25) is 4.79 Å². The quantitative estimate of drug-likeness (QED) is 0.326. The highest BCUT2D eigenvalue weighted by molar-refractivity contribution is 5.94. The zero-order chi connectivity index (χ0) is 29.6. The van der Waals surface area contributed by atoms with Gasteiger partial charge in [-0.1, -0.05) is 11.8 Å². The zero-order valence-electron chi connectivity index (χ0n) is 20.7. The molecule has 0 atom stereocenters. The van der Waals surface area contributed by atoms with Gasteiger partial charge < -0.3 is 16.2 Å². The molecule has 2 aromatic heterocycles. The van der Waals surface area contributed by atoms with Crippen molar-refractivity contribution in [3.8, 4) is 17.7 Å². The smallest absolute Gasteiger partial charge is 0.475 e. The minimum atomic E-state index is -5.08. The van der Waals surface area contributed by atoms with Crippen LogP contribution < -0.4 is 16.7 Å². The first-order valence-electron chi connectivity index (χ1n) is 11.4. The molecule has 3 aromatic rings. The monoisotopic (exact) mass is 564 g/mol. The second kappa shape index (κ2) is 12.3. The van der Waals surface area contributed by atoms with Crippen molar-refractivity contribution in [3.05, 3.63) is 81.2 Å². The third-order valence-electron chi connectivity index (χ3n) is 5.46. The van der Waals surface area contributed by atoms with Gasteiger partial charge in [-0.2, -0.15) is 27.1 Å². The summed E-state index contributed by atoms with van der Waals surface area (Å²) in [7, 11) is 0. The van der Waals surface area contributed by atoms with E-state index in [2.05, 4.69) is 27.2 Å². The molecule has 0 radical (unpaired) electrons. The van der Waals surface area contributed by atoms with Crippen molar-refractivity contribution in [2.24, 2.45) is 5.73 Å². The van der Waals surface area contributed by atoms with Gasteiger partial charge in [0.2, 0.25) is 5.91 Å². The number of aliphatic carboxylic acids is 1. The van der Waals surface area contributed by atoms with Crippen molar-refractivity contribution >= 4 is 17.6 Å². The summed E-state index contributed by atoms with van der Waals surface area (Å²) in [5, 5.41) is 13.9. The molecule has 3 heterocycles. The number of anilines is 1. The fourth-order valence-electron chi connectivity index (χ4n) is 3.47. The summed E-state index contributed by atoms with van der Waals surface area (Å²) >= 11 is 0. The summed E-state index contributed by atoms with van der Waals surface area (Å²) < 4.78 is 59.6. The Bertz CT molecular complexity index is 1590. The number of benzene rings is 1. The van der Waals surface area contributed by atoms with Crippen LogP contribution in [0.25, 0.3) is 5.82 Å². The Labute approximate surface area is 222 Å². The van der Waals surface area contributed by atoms with E-state index in [9.17, 15) is 31.5 Å². The summed E-state index contributed by atoms with van der Waals surface area (Å²) in [5.74, 6) is 3.73. The minimum absolute atomic E-state index is 0.0125. The SMILES string of the molecule is Cc1cc(C#Cc2ccc3c(c2)CCC(=O)N3)cnc1-n1cnn(CC(CN)=C(F)F)c1=O.O=C(O)C(F)(F)F. The predicted octanol–water partition coefficient (Wildman–Crippen LogP) is 2.76. The van der Waals surface area contributed by atoms with Gasteiger partial charge in [0.25, 0.3) is 6.08 Å². The molecule has 0 spiro atoms. The van der Waals surface area contributed by atoms with Crippen LogP contribution in [0.1, 0.15) is 28.7 Å². The number of carbonyl (C=O) groups excluding carboxylic acids is 1. The van der Waals surface area contributed by atoms with Gasteiger partial charge in [-0.25, -0.2) is 23.8 Å². The molecule has 1 aliphatic heterocycles. The van der Waals surface area contributed by atoms with E-state index in [1.165, 1.54) is 17.1 Å². The largest absolute Gasteiger partial charge is 0.490 e. The average molecular weight is 564 g/mol. The number of amides is 1. The Morgan fingerprint density at radius 2 is 1.82 bits per heavy atom. The highest BCUT2D eigenvalue weighted by atomic mass is 19.4. The zero-order valence-corrected chi connectivity index (χ0v) is 20.7. The van der Waals surface area contributed by atoms with Gasteiger partial charge in [0.1, 0.15) is 12.1 Å². The second-order valence-corrected chi connectivity index (χ2v) is 8.35. The van der Waals surface area contributed by atoms with Crippen molar-refractivity contribution < 1.29 is 36.6 Å². The molecule has 15 heteroatoms. The molecule has 1 aromatic carbocycles. The maximum absolute atomic E-state index is 12.9. The maximum Gasteiger partial charge on any atom is 0.490 e. The summed E-state index contributed by atoms with van der Waals surface area (Å²) in [6.07, 6.45) is -3.10. The first-order chi connectivity index (χ1) is 18.8. The molecule has 210 valence electrons. The number of hydrogen-bond donors (Lipinski definition) is 3. The lowest BCUT2D eigenvalue weighted by molar-refractivity contribution is -0.192. The number of nitrogens with two attached hydrogens (primary N) is 1. The lowest BCUT2D eigenvalue weighted by Gasteiger charge is -2.16. The van der Waals surface area contributed by atoms with Crippen LogP contribution in [0.2, 0.25) is 0 Å². The number of carbonyl (C=O) groups is 2. The molecular formula is C25H21F5N6O4. The standard InChI is InChI=1S/C23H20F2N6O2.C2HF3O2/c1-14-8-16(3-2-15-4-6-19-17(9-15)5-7-20(32)29-19)11-27-22(14)30-13-28-31(23(30)33)12-18(10-26)21(24)25;3-2(4,5)1(6)7/h4,6,8-9,11,13H,5,7,10,12,26H2,1H3,(H,29,32);(H,6,7).